The maximum atomic E-state index is 13.7. The summed E-state index contributed by atoms with van der Waals surface area (Å²) in [6.45, 7) is 0.801. The molecule has 25 heavy (non-hydrogen) atoms. The van der Waals surface area contributed by atoms with Crippen LogP contribution in [0.4, 0.5) is 13.2 Å². The van der Waals surface area contributed by atoms with Gasteiger partial charge in [-0.25, -0.2) is 13.2 Å². The van der Waals surface area contributed by atoms with Gasteiger partial charge in [0.25, 0.3) is 11.8 Å². The van der Waals surface area contributed by atoms with Crippen molar-refractivity contribution in [2.75, 3.05) is 26.2 Å². The number of nitrogens with zero attached hydrogens (tertiary/aromatic N) is 2. The van der Waals surface area contributed by atoms with Crippen LogP contribution in [0.25, 0.3) is 0 Å². The van der Waals surface area contributed by atoms with Gasteiger partial charge in [-0.2, -0.15) is 0 Å². The first kappa shape index (κ1) is 17.0. The summed E-state index contributed by atoms with van der Waals surface area (Å²) in [4.78, 5) is 27.5. The Bertz CT molecular complexity index is 780. The van der Waals surface area contributed by atoms with E-state index < -0.39 is 28.9 Å². The highest BCUT2D eigenvalue weighted by Gasteiger charge is 2.28. The fourth-order valence-electron chi connectivity index (χ4n) is 2.75. The number of rotatable bonds is 2. The van der Waals surface area contributed by atoms with Crippen LogP contribution >= 0.6 is 0 Å². The molecule has 4 nitrogen and oxygen atoms in total. The average Bonchev–Trinajstić information content (AvgIpc) is 2.61. The quantitative estimate of drug-likeness (QED) is 0.837. The molecule has 1 fully saturated rings. The van der Waals surface area contributed by atoms with Crippen molar-refractivity contribution in [3.05, 3.63) is 71.0 Å². The van der Waals surface area contributed by atoms with E-state index in [1.807, 2.05) is 0 Å². The molecule has 2 amide bonds. The molecule has 0 unspecified atom stereocenters. The highest BCUT2D eigenvalue weighted by molar-refractivity contribution is 5.96. The van der Waals surface area contributed by atoms with Crippen molar-refractivity contribution >= 4 is 11.8 Å². The summed E-state index contributed by atoms with van der Waals surface area (Å²) >= 11 is 0. The molecule has 0 N–H and O–H groups in total. The molecular weight excluding hydrogens is 333 g/mol. The molecule has 0 aromatic heterocycles. The van der Waals surface area contributed by atoms with Crippen molar-refractivity contribution in [1.82, 2.24) is 9.80 Å². The summed E-state index contributed by atoms with van der Waals surface area (Å²) in [7, 11) is 0. The molecule has 130 valence electrons. The van der Waals surface area contributed by atoms with Crippen molar-refractivity contribution < 1.29 is 22.8 Å². The molecular formula is C18H15F3N2O2. The van der Waals surface area contributed by atoms with Gasteiger partial charge in [-0.3, -0.25) is 9.59 Å². The molecule has 7 heteroatoms. The lowest BCUT2D eigenvalue weighted by atomic mass is 10.1. The van der Waals surface area contributed by atoms with Crippen LogP contribution in [0.15, 0.2) is 42.5 Å². The molecule has 1 aliphatic rings. The van der Waals surface area contributed by atoms with E-state index in [0.717, 1.165) is 12.1 Å². The van der Waals surface area contributed by atoms with Crippen LogP contribution in [0.1, 0.15) is 20.7 Å². The van der Waals surface area contributed by atoms with Gasteiger partial charge in [0.1, 0.15) is 23.0 Å². The molecule has 0 saturated carbocycles. The van der Waals surface area contributed by atoms with Crippen LogP contribution in [0.5, 0.6) is 0 Å². The van der Waals surface area contributed by atoms with Crippen molar-refractivity contribution in [1.29, 1.82) is 0 Å². The lowest BCUT2D eigenvalue weighted by Crippen LogP contribution is -2.50. The molecule has 2 aromatic rings. The Balaban J connectivity index is 1.66. The summed E-state index contributed by atoms with van der Waals surface area (Å²) in [5.41, 5.74) is -0.234. The predicted molar refractivity (Wildman–Crippen MR) is 84.6 cm³/mol. The van der Waals surface area contributed by atoms with Gasteiger partial charge in [0.2, 0.25) is 0 Å². The highest BCUT2D eigenvalue weighted by atomic mass is 19.1. The van der Waals surface area contributed by atoms with Crippen LogP contribution in [0.2, 0.25) is 0 Å². The van der Waals surface area contributed by atoms with Gasteiger partial charge in [-0.15, -0.1) is 0 Å². The van der Waals surface area contributed by atoms with Crippen LogP contribution in [0.3, 0.4) is 0 Å². The van der Waals surface area contributed by atoms with Crippen molar-refractivity contribution in [3.63, 3.8) is 0 Å². The van der Waals surface area contributed by atoms with Gasteiger partial charge in [-0.05, 0) is 36.4 Å². The number of benzene rings is 2. The Morgan fingerprint density at radius 1 is 0.720 bits per heavy atom. The first-order valence-electron chi connectivity index (χ1n) is 7.75. The van der Waals surface area contributed by atoms with Gasteiger partial charge in [0.15, 0.2) is 0 Å². The second-order valence-electron chi connectivity index (χ2n) is 5.69. The van der Waals surface area contributed by atoms with Crippen molar-refractivity contribution in [2.45, 2.75) is 0 Å². The molecule has 0 radical (unpaired) electrons. The van der Waals surface area contributed by atoms with Gasteiger partial charge in [-0.1, -0.05) is 6.07 Å². The molecule has 1 heterocycles. The third-order valence-electron chi connectivity index (χ3n) is 4.12. The smallest absolute Gasteiger partial charge is 0.259 e. The van der Waals surface area contributed by atoms with Crippen LogP contribution in [0, 0.1) is 17.5 Å². The fraction of sp³-hybridized carbons (Fsp3) is 0.222. The van der Waals surface area contributed by atoms with E-state index in [1.54, 1.807) is 0 Å². The number of halogens is 3. The zero-order chi connectivity index (χ0) is 18.0. The second kappa shape index (κ2) is 6.96. The summed E-state index contributed by atoms with van der Waals surface area (Å²) in [5, 5.41) is 0. The van der Waals surface area contributed by atoms with E-state index in [9.17, 15) is 22.8 Å². The first-order chi connectivity index (χ1) is 12.0. The van der Waals surface area contributed by atoms with Crippen LogP contribution < -0.4 is 0 Å². The second-order valence-corrected chi connectivity index (χ2v) is 5.69. The number of amides is 2. The van der Waals surface area contributed by atoms with Gasteiger partial charge < -0.3 is 9.80 Å². The third kappa shape index (κ3) is 3.50. The Labute approximate surface area is 142 Å². The van der Waals surface area contributed by atoms with Crippen LogP contribution in [-0.2, 0) is 0 Å². The summed E-state index contributed by atoms with van der Waals surface area (Å²) in [6.07, 6.45) is 0. The Kier molecular flexibility index (Phi) is 4.74. The molecule has 0 spiro atoms. The van der Waals surface area contributed by atoms with E-state index >= 15 is 0 Å². The SMILES string of the molecule is O=C(c1ccc(F)cc1)N1CCN(C(=O)c2c(F)cccc2F)CC1. The standard InChI is InChI=1S/C18H15F3N2O2/c19-13-6-4-12(5-7-13)17(24)22-8-10-23(11-9-22)18(25)16-14(20)2-1-3-15(16)21/h1-7H,8-11H2. The lowest BCUT2D eigenvalue weighted by Gasteiger charge is -2.35. The Morgan fingerprint density at radius 3 is 1.72 bits per heavy atom. The zero-order valence-electron chi connectivity index (χ0n) is 13.2. The number of hydrogen-bond acceptors (Lipinski definition) is 2. The number of carbonyl (C=O) groups excluding carboxylic acids is 2. The third-order valence-corrected chi connectivity index (χ3v) is 4.12. The number of hydrogen-bond donors (Lipinski definition) is 0. The Hall–Kier alpha value is -2.83. The molecule has 1 saturated heterocycles. The minimum Gasteiger partial charge on any atom is -0.335 e. The molecule has 2 aromatic carbocycles. The summed E-state index contributed by atoms with van der Waals surface area (Å²) < 4.78 is 40.4. The first-order valence-corrected chi connectivity index (χ1v) is 7.75. The largest absolute Gasteiger partial charge is 0.335 e. The molecule has 0 bridgehead atoms. The maximum Gasteiger partial charge on any atom is 0.259 e. The summed E-state index contributed by atoms with van der Waals surface area (Å²) in [6, 6.07) is 8.45. The topological polar surface area (TPSA) is 40.6 Å². The monoisotopic (exact) mass is 348 g/mol. The van der Waals surface area contributed by atoms with E-state index in [0.29, 0.717) is 5.56 Å². The predicted octanol–water partition coefficient (Wildman–Crippen LogP) is 2.70. The molecule has 0 aliphatic carbocycles. The Morgan fingerprint density at radius 2 is 1.20 bits per heavy atom. The maximum absolute atomic E-state index is 13.7. The normalized spacial score (nSPS) is 14.5. The van der Waals surface area contributed by atoms with E-state index in [4.69, 9.17) is 0 Å². The molecule has 0 atom stereocenters. The number of piperazine rings is 1. The highest BCUT2D eigenvalue weighted by Crippen LogP contribution is 2.17. The van der Waals surface area contributed by atoms with Crippen molar-refractivity contribution in [2.24, 2.45) is 0 Å². The molecule has 3 rings (SSSR count). The minimum absolute atomic E-state index is 0.166. The van der Waals surface area contributed by atoms with Gasteiger partial charge in [0.05, 0.1) is 0 Å². The van der Waals surface area contributed by atoms with E-state index in [2.05, 4.69) is 0 Å². The van der Waals surface area contributed by atoms with E-state index in [1.165, 1.54) is 40.1 Å². The van der Waals surface area contributed by atoms with Crippen LogP contribution in [-0.4, -0.2) is 47.8 Å². The zero-order valence-corrected chi connectivity index (χ0v) is 13.2. The van der Waals surface area contributed by atoms with Gasteiger partial charge in [0, 0.05) is 31.7 Å². The van der Waals surface area contributed by atoms with E-state index in [-0.39, 0.29) is 32.1 Å². The average molecular weight is 348 g/mol. The molecule has 1 aliphatic heterocycles. The van der Waals surface area contributed by atoms with Gasteiger partial charge >= 0.3 is 0 Å². The minimum atomic E-state index is -0.908. The fourth-order valence-corrected chi connectivity index (χ4v) is 2.75. The summed E-state index contributed by atoms with van der Waals surface area (Å²) in [5.74, 6) is -3.25. The van der Waals surface area contributed by atoms with Crippen molar-refractivity contribution in [3.8, 4) is 0 Å². The lowest BCUT2D eigenvalue weighted by molar-refractivity contribution is 0.0530. The number of carbonyl (C=O) groups is 2.